The molecule has 0 unspecified atom stereocenters. The minimum atomic E-state index is -0.199. The Labute approximate surface area is 279 Å². The molecule has 0 N–H and O–H groups in total. The van der Waals surface area contributed by atoms with Gasteiger partial charge in [-0.25, -0.2) is 0 Å². The van der Waals surface area contributed by atoms with Crippen LogP contribution in [0.1, 0.15) is 187 Å². The third-order valence-corrected chi connectivity index (χ3v) is 7.98. The van der Waals surface area contributed by atoms with Crippen LogP contribution in [0.3, 0.4) is 0 Å². The lowest BCUT2D eigenvalue weighted by molar-refractivity contribution is -0.145. The molecule has 0 heterocycles. The Morgan fingerprint density at radius 3 is 1.04 bits per heavy atom. The summed E-state index contributed by atoms with van der Waals surface area (Å²) in [4.78, 5) is 23.8. The molecule has 0 spiro atoms. The Morgan fingerprint density at radius 1 is 0.378 bits per heavy atom. The first-order chi connectivity index (χ1) is 22.2. The molecule has 0 aromatic rings. The Bertz CT molecular complexity index is 687. The summed E-state index contributed by atoms with van der Waals surface area (Å²) in [5.74, 6) is -0.397. The van der Waals surface area contributed by atoms with Crippen LogP contribution in [0.25, 0.3) is 0 Å². The van der Waals surface area contributed by atoms with Gasteiger partial charge in [-0.05, 0) is 83.5 Å². The lowest BCUT2D eigenvalue weighted by Gasteiger charge is -2.06. The highest BCUT2D eigenvalue weighted by Crippen LogP contribution is 2.10. The van der Waals surface area contributed by atoms with Gasteiger partial charge in [-0.2, -0.15) is 0 Å². The van der Waals surface area contributed by atoms with Crippen LogP contribution < -0.4 is 0 Å². The van der Waals surface area contributed by atoms with Crippen molar-refractivity contribution in [2.24, 2.45) is 0 Å². The van der Waals surface area contributed by atoms with Crippen molar-refractivity contribution >= 4 is 11.9 Å². The fraction of sp³-hybridized carbons (Fsp3) is 0.756. The van der Waals surface area contributed by atoms with Gasteiger partial charge in [0.25, 0.3) is 0 Å². The molecule has 45 heavy (non-hydrogen) atoms. The largest absolute Gasteiger partial charge is 0.466 e. The molecule has 4 nitrogen and oxygen atoms in total. The predicted octanol–water partition coefficient (Wildman–Crippen LogP) is 12.9. The van der Waals surface area contributed by atoms with Gasteiger partial charge in [-0.3, -0.25) is 9.59 Å². The second-order valence-electron chi connectivity index (χ2n) is 12.5. The van der Waals surface area contributed by atoms with Crippen LogP contribution in [0.2, 0.25) is 0 Å². The third-order valence-electron chi connectivity index (χ3n) is 7.98. The van der Waals surface area contributed by atoms with E-state index >= 15 is 0 Å². The van der Waals surface area contributed by atoms with Gasteiger partial charge >= 0.3 is 11.9 Å². The number of hydrogen-bond donors (Lipinski definition) is 0. The van der Waals surface area contributed by atoms with Crippen molar-refractivity contribution in [3.8, 4) is 0 Å². The Hall–Kier alpha value is -2.10. The lowest BCUT2D eigenvalue weighted by atomic mass is 10.1. The molecule has 0 saturated carbocycles. The van der Waals surface area contributed by atoms with E-state index in [1.165, 1.54) is 116 Å². The SMILES string of the molecule is CCCCC/C=C\C/C=C\CCCCCCCCOC(=O)CCCC(=O)OCCCCCCCC/C=C\C/C=C\CCCCC. The topological polar surface area (TPSA) is 52.6 Å². The first-order valence-corrected chi connectivity index (χ1v) is 19.1. The smallest absolute Gasteiger partial charge is 0.305 e. The maximum atomic E-state index is 11.9. The summed E-state index contributed by atoms with van der Waals surface area (Å²) in [5.41, 5.74) is 0. The van der Waals surface area contributed by atoms with E-state index in [4.69, 9.17) is 9.47 Å². The van der Waals surface area contributed by atoms with E-state index in [9.17, 15) is 9.59 Å². The number of esters is 2. The third kappa shape index (κ3) is 38.0. The van der Waals surface area contributed by atoms with Crippen LogP contribution in [0, 0.1) is 0 Å². The minimum absolute atomic E-state index is 0.199. The Kier molecular flexibility index (Phi) is 36.3. The number of carbonyl (C=O) groups excluding carboxylic acids is 2. The van der Waals surface area contributed by atoms with Crippen LogP contribution in [-0.4, -0.2) is 25.2 Å². The van der Waals surface area contributed by atoms with Crippen LogP contribution in [0.15, 0.2) is 48.6 Å². The maximum Gasteiger partial charge on any atom is 0.305 e. The van der Waals surface area contributed by atoms with Gasteiger partial charge in [0.05, 0.1) is 13.2 Å². The fourth-order valence-corrected chi connectivity index (χ4v) is 5.07. The lowest BCUT2D eigenvalue weighted by Crippen LogP contribution is -2.09. The molecule has 0 atom stereocenters. The first kappa shape index (κ1) is 42.9. The van der Waals surface area contributed by atoms with Crippen LogP contribution in [-0.2, 0) is 19.1 Å². The van der Waals surface area contributed by atoms with Crippen molar-refractivity contribution in [3.05, 3.63) is 48.6 Å². The average molecular weight is 629 g/mol. The highest BCUT2D eigenvalue weighted by Gasteiger charge is 2.07. The molecule has 0 bridgehead atoms. The van der Waals surface area contributed by atoms with Gasteiger partial charge < -0.3 is 9.47 Å². The summed E-state index contributed by atoms with van der Waals surface area (Å²) < 4.78 is 10.7. The van der Waals surface area contributed by atoms with Gasteiger partial charge in [0.2, 0.25) is 0 Å². The van der Waals surface area contributed by atoms with Gasteiger partial charge in [-0.15, -0.1) is 0 Å². The molecule has 0 amide bonds. The number of hydrogen-bond acceptors (Lipinski definition) is 4. The van der Waals surface area contributed by atoms with Crippen LogP contribution in [0.5, 0.6) is 0 Å². The summed E-state index contributed by atoms with van der Waals surface area (Å²) in [6, 6.07) is 0. The van der Waals surface area contributed by atoms with Crippen LogP contribution in [0.4, 0.5) is 0 Å². The second kappa shape index (κ2) is 38.1. The minimum Gasteiger partial charge on any atom is -0.466 e. The van der Waals surface area contributed by atoms with Gasteiger partial charge in [0.1, 0.15) is 0 Å². The first-order valence-electron chi connectivity index (χ1n) is 19.1. The number of rotatable bonds is 34. The summed E-state index contributed by atoms with van der Waals surface area (Å²) in [5, 5.41) is 0. The van der Waals surface area contributed by atoms with Crippen molar-refractivity contribution in [1.29, 1.82) is 0 Å². The predicted molar refractivity (Wildman–Crippen MR) is 194 cm³/mol. The van der Waals surface area contributed by atoms with Crippen molar-refractivity contribution in [2.75, 3.05) is 13.2 Å². The molecule has 0 saturated heterocycles. The molecule has 0 fully saturated rings. The van der Waals surface area contributed by atoms with Crippen molar-refractivity contribution < 1.29 is 19.1 Å². The zero-order valence-corrected chi connectivity index (χ0v) is 29.8. The number of ether oxygens (including phenoxy) is 2. The Balaban J connectivity index is 3.37. The summed E-state index contributed by atoms with van der Waals surface area (Å²) in [7, 11) is 0. The molecule has 0 aliphatic heterocycles. The van der Waals surface area contributed by atoms with E-state index in [2.05, 4.69) is 62.5 Å². The highest BCUT2D eigenvalue weighted by molar-refractivity contribution is 5.72. The van der Waals surface area contributed by atoms with Crippen molar-refractivity contribution in [3.63, 3.8) is 0 Å². The van der Waals surface area contributed by atoms with Gasteiger partial charge in [0.15, 0.2) is 0 Å². The molecule has 4 heteroatoms. The summed E-state index contributed by atoms with van der Waals surface area (Å²) >= 11 is 0. The molecule has 0 aliphatic rings. The second-order valence-corrected chi connectivity index (χ2v) is 12.5. The molecular weight excluding hydrogens is 556 g/mol. The molecular formula is C41H72O4. The van der Waals surface area contributed by atoms with E-state index in [1.54, 1.807) is 0 Å². The summed E-state index contributed by atoms with van der Waals surface area (Å²) in [6.45, 7) is 5.47. The molecule has 0 rings (SSSR count). The average Bonchev–Trinajstić information content (AvgIpc) is 3.04. The van der Waals surface area contributed by atoms with E-state index in [0.29, 0.717) is 32.5 Å². The van der Waals surface area contributed by atoms with Gasteiger partial charge in [0, 0.05) is 12.8 Å². The highest BCUT2D eigenvalue weighted by atomic mass is 16.5. The normalized spacial score (nSPS) is 12.0. The van der Waals surface area contributed by atoms with E-state index in [-0.39, 0.29) is 11.9 Å². The van der Waals surface area contributed by atoms with Crippen LogP contribution >= 0.6 is 0 Å². The summed E-state index contributed by atoms with van der Waals surface area (Å²) in [6.07, 6.45) is 48.3. The van der Waals surface area contributed by atoms with Gasteiger partial charge in [-0.1, -0.05) is 140 Å². The zero-order chi connectivity index (χ0) is 32.7. The van der Waals surface area contributed by atoms with E-state index < -0.39 is 0 Å². The maximum absolute atomic E-state index is 11.9. The standard InChI is InChI=1S/C41H72O4/c1-3-5-7-9-11-13-15-17-19-21-23-25-27-29-31-33-38-44-40(42)36-35-37-41(43)45-39-34-32-30-28-26-24-22-20-18-16-14-12-10-8-6-4-2/h11-14,17-20H,3-10,15-16,21-39H2,1-2H3/b13-11-,14-12-,19-17-,20-18-. The molecule has 260 valence electrons. The molecule has 0 aliphatic carbocycles. The zero-order valence-electron chi connectivity index (χ0n) is 29.8. The number of unbranched alkanes of at least 4 members (excludes halogenated alkanes) is 18. The number of allylic oxidation sites excluding steroid dienone is 8. The van der Waals surface area contributed by atoms with E-state index in [0.717, 1.165) is 38.5 Å². The molecule has 0 radical (unpaired) electrons. The Morgan fingerprint density at radius 2 is 0.689 bits per heavy atom. The monoisotopic (exact) mass is 629 g/mol. The molecule has 0 aromatic heterocycles. The molecule has 0 aromatic carbocycles. The van der Waals surface area contributed by atoms with E-state index in [1.807, 2.05) is 0 Å². The fourth-order valence-electron chi connectivity index (χ4n) is 5.07. The quantitative estimate of drug-likeness (QED) is 0.0404. The van der Waals surface area contributed by atoms with Crippen molar-refractivity contribution in [2.45, 2.75) is 187 Å². The number of carbonyl (C=O) groups is 2. The van der Waals surface area contributed by atoms with Crippen molar-refractivity contribution in [1.82, 2.24) is 0 Å².